The Labute approximate surface area is 277 Å². The monoisotopic (exact) mass is 657 g/mol. The number of terminal acetylenes is 1. The normalized spacial score (nSPS) is 25.3. The molecule has 2 aromatic heterocycles. The second-order valence-electron chi connectivity index (χ2n) is 13.9. The van der Waals surface area contributed by atoms with Gasteiger partial charge in [-0.2, -0.15) is 9.97 Å². The number of hydrogen-bond donors (Lipinski definition) is 2. The lowest BCUT2D eigenvalue weighted by molar-refractivity contribution is 0.107. The number of hydrogen-bond acceptors (Lipinski definition) is 9. The third-order valence-electron chi connectivity index (χ3n) is 10.3. The summed E-state index contributed by atoms with van der Waals surface area (Å²) in [4.78, 5) is 18.6. The quantitative estimate of drug-likeness (QED) is 0.201. The Hall–Kier alpha value is -4.34. The first kappa shape index (κ1) is 31.0. The van der Waals surface area contributed by atoms with Crippen LogP contribution in [0.4, 0.5) is 24.7 Å². The molecule has 12 heteroatoms. The van der Waals surface area contributed by atoms with Crippen molar-refractivity contribution in [3.05, 3.63) is 41.5 Å². The number of anilines is 2. The van der Waals surface area contributed by atoms with E-state index in [9.17, 15) is 4.39 Å². The molecule has 4 saturated heterocycles. The van der Waals surface area contributed by atoms with Crippen molar-refractivity contribution in [3.63, 3.8) is 0 Å². The number of pyridine rings is 1. The maximum Gasteiger partial charge on any atom is 0.319 e. The lowest BCUT2D eigenvalue weighted by Gasteiger charge is -2.35. The molecule has 48 heavy (non-hydrogen) atoms. The van der Waals surface area contributed by atoms with Gasteiger partial charge in [0.2, 0.25) is 5.88 Å². The number of halogens is 3. The van der Waals surface area contributed by atoms with Gasteiger partial charge in [-0.25, -0.2) is 18.2 Å². The molecule has 2 aromatic carbocycles. The van der Waals surface area contributed by atoms with E-state index in [4.69, 9.17) is 31.6 Å². The van der Waals surface area contributed by atoms with Crippen molar-refractivity contribution >= 4 is 33.2 Å². The molecule has 0 saturated carbocycles. The van der Waals surface area contributed by atoms with Gasteiger partial charge in [0.1, 0.15) is 41.0 Å². The van der Waals surface area contributed by atoms with Crippen LogP contribution in [0.5, 0.6) is 11.9 Å². The molecule has 0 spiro atoms. The zero-order valence-electron chi connectivity index (χ0n) is 27.0. The van der Waals surface area contributed by atoms with Crippen LogP contribution in [0.1, 0.15) is 51.5 Å². The van der Waals surface area contributed by atoms with Crippen LogP contribution in [0, 0.1) is 24.0 Å². The number of benzene rings is 2. The van der Waals surface area contributed by atoms with Crippen molar-refractivity contribution in [2.24, 2.45) is 0 Å². The number of rotatable bonds is 7. The lowest BCUT2D eigenvalue weighted by atomic mass is 9.95. The topological polar surface area (TPSA) is 102 Å². The summed E-state index contributed by atoms with van der Waals surface area (Å²) in [6.07, 6.45) is 8.70. The highest BCUT2D eigenvalue weighted by atomic mass is 19.1. The molecule has 4 fully saturated rings. The van der Waals surface area contributed by atoms with E-state index < -0.39 is 23.3 Å². The summed E-state index contributed by atoms with van der Waals surface area (Å²) >= 11 is 0. The maximum atomic E-state index is 17.2. The zero-order valence-corrected chi connectivity index (χ0v) is 27.0. The van der Waals surface area contributed by atoms with Crippen molar-refractivity contribution in [1.29, 1.82) is 0 Å². The summed E-state index contributed by atoms with van der Waals surface area (Å²) < 4.78 is 59.5. The lowest BCUT2D eigenvalue weighted by Crippen LogP contribution is -2.51. The van der Waals surface area contributed by atoms with Crippen LogP contribution in [0.15, 0.2) is 24.3 Å². The van der Waals surface area contributed by atoms with Gasteiger partial charge in [-0.3, -0.25) is 4.90 Å². The van der Waals surface area contributed by atoms with Gasteiger partial charge in [-0.05, 0) is 69.7 Å². The van der Waals surface area contributed by atoms with Crippen LogP contribution in [-0.2, 0) is 0 Å². The van der Waals surface area contributed by atoms with E-state index in [-0.39, 0.29) is 59.0 Å². The molecule has 2 unspecified atom stereocenters. The molecule has 3 N–H and O–H groups in total. The predicted octanol–water partition coefficient (Wildman–Crippen LogP) is 5.37. The Morgan fingerprint density at radius 1 is 1.10 bits per heavy atom. The highest BCUT2D eigenvalue weighted by Crippen LogP contribution is 2.44. The molecule has 0 aliphatic carbocycles. The number of piperazine rings is 1. The largest absolute Gasteiger partial charge is 0.474 e. The van der Waals surface area contributed by atoms with Crippen molar-refractivity contribution in [2.75, 3.05) is 43.4 Å². The smallest absolute Gasteiger partial charge is 0.319 e. The van der Waals surface area contributed by atoms with Gasteiger partial charge >= 0.3 is 6.01 Å². The molecule has 0 amide bonds. The Morgan fingerprint density at radius 3 is 2.65 bits per heavy atom. The first-order valence-electron chi connectivity index (χ1n) is 16.7. The van der Waals surface area contributed by atoms with Crippen LogP contribution in [0.3, 0.4) is 0 Å². The van der Waals surface area contributed by atoms with E-state index in [1.807, 2.05) is 13.8 Å². The van der Waals surface area contributed by atoms with Gasteiger partial charge in [0.05, 0.1) is 17.2 Å². The molecule has 6 heterocycles. The number of nitrogen functional groups attached to an aromatic ring is 1. The van der Waals surface area contributed by atoms with Gasteiger partial charge in [-0.15, -0.1) is 6.42 Å². The fourth-order valence-corrected chi connectivity index (χ4v) is 8.29. The molecule has 2 bridgehead atoms. The fraction of sp³-hybridized carbons (Fsp3) is 0.472. The number of ether oxygens (including phenoxy) is 2. The summed E-state index contributed by atoms with van der Waals surface area (Å²) in [6.45, 7) is 6.39. The van der Waals surface area contributed by atoms with E-state index in [1.54, 1.807) is 12.1 Å². The third kappa shape index (κ3) is 5.15. The van der Waals surface area contributed by atoms with Gasteiger partial charge in [0.25, 0.3) is 0 Å². The van der Waals surface area contributed by atoms with Crippen LogP contribution >= 0.6 is 0 Å². The first-order valence-corrected chi connectivity index (χ1v) is 16.7. The standard InChI is InChI=1S/C36H38F3N7O2/c1-4-25-27(38)9-6-20-12-22(40)13-26(28(20)25)31-30(39)32-29(34(42-31)48-19(2)3)33(45-16-23-7-8-24(17-45)41-23)44-35(43-32)47-18-36-10-5-11-46(36)15-21(37)14-36/h1,6,9,12-13,19,21,23-24,41H,5,7-8,10-11,14-18,40H2,2-3H3/t21-,23?,24?,36+/m1/s1. The molecule has 9 nitrogen and oxygen atoms in total. The minimum absolute atomic E-state index is 0.00810. The number of nitrogens with zero attached hydrogens (tertiary/aromatic N) is 5. The van der Waals surface area contributed by atoms with Crippen molar-refractivity contribution < 1.29 is 22.6 Å². The summed E-state index contributed by atoms with van der Waals surface area (Å²) in [5.74, 6) is 1.64. The van der Waals surface area contributed by atoms with Crippen LogP contribution in [0.2, 0.25) is 0 Å². The van der Waals surface area contributed by atoms with Gasteiger partial charge in [-0.1, -0.05) is 12.0 Å². The molecule has 4 aliphatic rings. The van der Waals surface area contributed by atoms with E-state index in [0.29, 0.717) is 53.7 Å². The van der Waals surface area contributed by atoms with Crippen LogP contribution < -0.4 is 25.4 Å². The minimum Gasteiger partial charge on any atom is -0.474 e. The molecular weight excluding hydrogens is 619 g/mol. The van der Waals surface area contributed by atoms with E-state index in [1.165, 1.54) is 12.1 Å². The summed E-state index contributed by atoms with van der Waals surface area (Å²) in [5, 5.41) is 4.80. The highest BCUT2D eigenvalue weighted by molar-refractivity contribution is 6.04. The highest BCUT2D eigenvalue weighted by Gasteiger charge is 2.49. The average Bonchev–Trinajstić information content (AvgIpc) is 3.70. The summed E-state index contributed by atoms with van der Waals surface area (Å²) in [5.41, 5.74) is 6.17. The third-order valence-corrected chi connectivity index (χ3v) is 10.3. The van der Waals surface area contributed by atoms with Crippen molar-refractivity contribution in [2.45, 2.75) is 75.8 Å². The fourth-order valence-electron chi connectivity index (χ4n) is 8.29. The Bertz CT molecular complexity index is 1970. The molecule has 250 valence electrons. The van der Waals surface area contributed by atoms with Crippen LogP contribution in [-0.4, -0.2) is 82.5 Å². The second-order valence-corrected chi connectivity index (χ2v) is 13.9. The van der Waals surface area contributed by atoms with Crippen LogP contribution in [0.25, 0.3) is 32.9 Å². The molecule has 4 aromatic rings. The van der Waals surface area contributed by atoms with Crippen molar-refractivity contribution in [3.8, 4) is 35.5 Å². The van der Waals surface area contributed by atoms with E-state index >= 15 is 8.78 Å². The SMILES string of the molecule is C#Cc1c(F)ccc2cc(N)cc(-c3nc(OC(C)C)c4c(N5CC6CCC(C5)N6)nc(OC[C@@]56CCCN5C[C@H](F)C6)nc4c3F)c12. The minimum atomic E-state index is -0.925. The zero-order chi connectivity index (χ0) is 33.3. The number of alkyl halides is 1. The second kappa shape index (κ2) is 11.7. The van der Waals surface area contributed by atoms with Gasteiger partial charge in [0, 0.05) is 54.8 Å². The van der Waals surface area contributed by atoms with E-state index in [0.717, 1.165) is 32.2 Å². The predicted molar refractivity (Wildman–Crippen MR) is 179 cm³/mol. The number of fused-ring (bicyclic) bond motifs is 5. The summed E-state index contributed by atoms with van der Waals surface area (Å²) in [7, 11) is 0. The van der Waals surface area contributed by atoms with Crippen molar-refractivity contribution in [1.82, 2.24) is 25.2 Å². The molecular formula is C36H38F3N7O2. The average molecular weight is 658 g/mol. The number of aromatic nitrogens is 3. The van der Waals surface area contributed by atoms with E-state index in [2.05, 4.69) is 26.0 Å². The van der Waals surface area contributed by atoms with Gasteiger partial charge in [0.15, 0.2) is 5.82 Å². The molecule has 4 atom stereocenters. The molecule has 0 radical (unpaired) electrons. The molecule has 4 aliphatic heterocycles. The summed E-state index contributed by atoms with van der Waals surface area (Å²) in [6, 6.07) is 6.52. The number of nitrogens with two attached hydrogens (primary N) is 1. The Morgan fingerprint density at radius 2 is 1.90 bits per heavy atom. The first-order chi connectivity index (χ1) is 23.1. The molecule has 8 rings (SSSR count). The number of nitrogens with one attached hydrogen (secondary N) is 1. The van der Waals surface area contributed by atoms with Gasteiger partial charge < -0.3 is 25.4 Å². The maximum absolute atomic E-state index is 17.2. The Kier molecular flexibility index (Phi) is 7.53. The Balaban J connectivity index is 1.35.